The van der Waals surface area contributed by atoms with Crippen LogP contribution in [0.3, 0.4) is 0 Å². The number of rotatable bonds is 6. The first-order valence-electron chi connectivity index (χ1n) is 10.8. The lowest BCUT2D eigenvalue weighted by Crippen LogP contribution is -2.29. The highest BCUT2D eigenvalue weighted by Crippen LogP contribution is 2.25. The number of carbonyl (C=O) groups excluding carboxylic acids is 1. The summed E-state index contributed by atoms with van der Waals surface area (Å²) in [5.41, 5.74) is 6.27. The van der Waals surface area contributed by atoms with Gasteiger partial charge in [0.05, 0.1) is 11.4 Å². The predicted molar refractivity (Wildman–Crippen MR) is 129 cm³/mol. The molecule has 160 valence electrons. The summed E-state index contributed by atoms with van der Waals surface area (Å²) in [6.07, 6.45) is 3.88. The van der Waals surface area contributed by atoms with E-state index < -0.39 is 0 Å². The van der Waals surface area contributed by atoms with Crippen molar-refractivity contribution in [3.05, 3.63) is 65.7 Å². The van der Waals surface area contributed by atoms with Crippen LogP contribution in [0.5, 0.6) is 0 Å². The molecular weight excluding hydrogens is 404 g/mol. The molecule has 1 fully saturated rings. The van der Waals surface area contributed by atoms with Gasteiger partial charge in [0.15, 0.2) is 0 Å². The number of carbonyl (C=O) groups is 1. The highest BCUT2D eigenvalue weighted by molar-refractivity contribution is 7.99. The highest BCUT2D eigenvalue weighted by Gasteiger charge is 2.11. The Bertz CT molecular complexity index is 1030. The second-order valence-corrected chi connectivity index (χ2v) is 9.00. The molecule has 5 nitrogen and oxygen atoms in total. The van der Waals surface area contributed by atoms with Gasteiger partial charge in [-0.1, -0.05) is 41.6 Å². The van der Waals surface area contributed by atoms with Crippen LogP contribution in [0, 0.1) is 13.8 Å². The van der Waals surface area contributed by atoms with Crippen LogP contribution in [-0.2, 0) is 4.79 Å². The number of nitrogens with one attached hydrogen (secondary N) is 1. The molecule has 0 radical (unpaired) electrons. The van der Waals surface area contributed by atoms with Crippen LogP contribution >= 0.6 is 11.8 Å². The summed E-state index contributed by atoms with van der Waals surface area (Å²) in [4.78, 5) is 14.7. The third-order valence-electron chi connectivity index (χ3n) is 5.53. The molecule has 1 aliphatic rings. The zero-order valence-corrected chi connectivity index (χ0v) is 18.9. The summed E-state index contributed by atoms with van der Waals surface area (Å²) in [7, 11) is 0. The van der Waals surface area contributed by atoms with E-state index in [-0.39, 0.29) is 5.91 Å². The van der Waals surface area contributed by atoms with Crippen LogP contribution in [0.1, 0.15) is 30.4 Å². The van der Waals surface area contributed by atoms with Crippen molar-refractivity contribution >= 4 is 29.0 Å². The zero-order valence-electron chi connectivity index (χ0n) is 18.1. The molecule has 0 atom stereocenters. The third kappa shape index (κ3) is 5.64. The predicted octanol–water partition coefficient (Wildman–Crippen LogP) is 5.48. The molecular formula is C25H28N4OS. The maximum Gasteiger partial charge on any atom is 0.234 e. The van der Waals surface area contributed by atoms with Crippen molar-refractivity contribution in [1.29, 1.82) is 0 Å². The minimum absolute atomic E-state index is 0.0452. The van der Waals surface area contributed by atoms with E-state index in [2.05, 4.69) is 50.7 Å². The Morgan fingerprint density at radius 1 is 0.968 bits per heavy atom. The number of amides is 1. The Morgan fingerprint density at radius 3 is 2.42 bits per heavy atom. The number of hydrogen-bond acceptors (Lipinski definition) is 5. The minimum atomic E-state index is -0.0452. The SMILES string of the molecule is Cc1ccc(NC(=O)CSc2ccc(-c3ccc(N4CCCCC4)cc3)nn2)c(C)c1. The fourth-order valence-electron chi connectivity index (χ4n) is 3.83. The number of benzene rings is 2. The van der Waals surface area contributed by atoms with E-state index >= 15 is 0 Å². The minimum Gasteiger partial charge on any atom is -0.372 e. The van der Waals surface area contributed by atoms with Crippen LogP contribution in [0.4, 0.5) is 11.4 Å². The monoisotopic (exact) mass is 432 g/mol. The van der Waals surface area contributed by atoms with Gasteiger partial charge in [0.25, 0.3) is 0 Å². The molecule has 0 aliphatic carbocycles. The van der Waals surface area contributed by atoms with Crippen LogP contribution in [0.15, 0.2) is 59.6 Å². The molecule has 6 heteroatoms. The molecule has 1 saturated heterocycles. The maximum absolute atomic E-state index is 12.3. The molecule has 0 spiro atoms. The fourth-order valence-corrected chi connectivity index (χ4v) is 4.44. The number of thioether (sulfide) groups is 1. The van der Waals surface area contributed by atoms with Crippen molar-refractivity contribution in [2.24, 2.45) is 0 Å². The van der Waals surface area contributed by atoms with E-state index in [1.54, 1.807) is 0 Å². The fraction of sp³-hybridized carbons (Fsp3) is 0.320. The molecule has 1 amide bonds. The summed E-state index contributed by atoms with van der Waals surface area (Å²) < 4.78 is 0. The van der Waals surface area contributed by atoms with Gasteiger partial charge >= 0.3 is 0 Å². The van der Waals surface area contributed by atoms with Crippen molar-refractivity contribution in [2.75, 3.05) is 29.1 Å². The van der Waals surface area contributed by atoms with Crippen molar-refractivity contribution in [1.82, 2.24) is 10.2 Å². The van der Waals surface area contributed by atoms with Crippen LogP contribution in [0.25, 0.3) is 11.3 Å². The Kier molecular flexibility index (Phi) is 6.87. The lowest BCUT2D eigenvalue weighted by molar-refractivity contribution is -0.113. The summed E-state index contributed by atoms with van der Waals surface area (Å²) in [6.45, 7) is 6.32. The average Bonchev–Trinajstić information content (AvgIpc) is 2.81. The van der Waals surface area contributed by atoms with Crippen molar-refractivity contribution in [2.45, 2.75) is 38.1 Å². The smallest absolute Gasteiger partial charge is 0.234 e. The molecule has 31 heavy (non-hydrogen) atoms. The topological polar surface area (TPSA) is 58.1 Å². The summed E-state index contributed by atoms with van der Waals surface area (Å²) >= 11 is 1.39. The third-order valence-corrected chi connectivity index (χ3v) is 6.45. The largest absolute Gasteiger partial charge is 0.372 e. The number of piperidine rings is 1. The Labute approximate surface area is 188 Å². The van der Waals surface area contributed by atoms with Gasteiger partial charge in [-0.2, -0.15) is 0 Å². The van der Waals surface area contributed by atoms with E-state index in [9.17, 15) is 4.79 Å². The average molecular weight is 433 g/mol. The van der Waals surface area contributed by atoms with Crippen molar-refractivity contribution in [3.63, 3.8) is 0 Å². The van der Waals surface area contributed by atoms with Gasteiger partial charge in [-0.25, -0.2) is 0 Å². The molecule has 1 aromatic heterocycles. The molecule has 3 aromatic rings. The first kappa shape index (κ1) is 21.4. The Balaban J connectivity index is 1.32. The van der Waals surface area contributed by atoms with Crippen LogP contribution in [0.2, 0.25) is 0 Å². The van der Waals surface area contributed by atoms with Crippen LogP contribution in [-0.4, -0.2) is 34.9 Å². The molecule has 4 rings (SSSR count). The molecule has 0 unspecified atom stereocenters. The normalized spacial score (nSPS) is 13.8. The van der Waals surface area contributed by atoms with Gasteiger partial charge in [-0.3, -0.25) is 4.79 Å². The van der Waals surface area contributed by atoms with Crippen molar-refractivity contribution in [3.8, 4) is 11.3 Å². The molecule has 0 bridgehead atoms. The number of aromatic nitrogens is 2. The van der Waals surface area contributed by atoms with Gasteiger partial charge in [-0.05, 0) is 69.0 Å². The van der Waals surface area contributed by atoms with Gasteiger partial charge in [0, 0.05) is 30.0 Å². The van der Waals surface area contributed by atoms with Gasteiger partial charge in [0.1, 0.15) is 5.03 Å². The molecule has 2 heterocycles. The number of nitrogens with zero attached hydrogens (tertiary/aromatic N) is 3. The standard InChI is InChI=1S/C25H28N4OS/c1-18-6-11-22(19(2)16-18)26-24(30)17-31-25-13-12-23(27-28-25)20-7-9-21(10-8-20)29-14-4-3-5-15-29/h6-13,16H,3-5,14-15,17H2,1-2H3,(H,26,30). The summed E-state index contributed by atoms with van der Waals surface area (Å²) in [6, 6.07) is 18.5. The van der Waals surface area contributed by atoms with Gasteiger partial charge < -0.3 is 10.2 Å². The summed E-state index contributed by atoms with van der Waals surface area (Å²) in [5, 5.41) is 12.4. The first-order valence-corrected chi connectivity index (χ1v) is 11.8. The Hall–Kier alpha value is -2.86. The Morgan fingerprint density at radius 2 is 1.74 bits per heavy atom. The van der Waals surface area contributed by atoms with Crippen LogP contribution < -0.4 is 10.2 Å². The van der Waals surface area contributed by atoms with E-state index in [1.165, 1.54) is 42.3 Å². The second kappa shape index (κ2) is 9.96. The van der Waals surface area contributed by atoms with Gasteiger partial charge in [0.2, 0.25) is 5.91 Å². The lowest BCUT2D eigenvalue weighted by Gasteiger charge is -2.28. The zero-order chi connectivity index (χ0) is 21.6. The maximum atomic E-state index is 12.3. The number of hydrogen-bond donors (Lipinski definition) is 1. The second-order valence-electron chi connectivity index (χ2n) is 8.01. The highest BCUT2D eigenvalue weighted by atomic mass is 32.2. The first-order chi connectivity index (χ1) is 15.1. The van der Waals surface area contributed by atoms with E-state index in [0.29, 0.717) is 5.75 Å². The summed E-state index contributed by atoms with van der Waals surface area (Å²) in [5.74, 6) is 0.252. The lowest BCUT2D eigenvalue weighted by atomic mass is 10.1. The number of anilines is 2. The number of aryl methyl sites for hydroxylation is 2. The molecule has 0 saturated carbocycles. The van der Waals surface area contributed by atoms with E-state index in [1.807, 2.05) is 38.1 Å². The van der Waals surface area contributed by atoms with E-state index in [0.717, 1.165) is 40.6 Å². The molecule has 1 aliphatic heterocycles. The van der Waals surface area contributed by atoms with E-state index in [4.69, 9.17) is 0 Å². The van der Waals surface area contributed by atoms with Crippen molar-refractivity contribution < 1.29 is 4.79 Å². The van der Waals surface area contributed by atoms with Gasteiger partial charge in [-0.15, -0.1) is 10.2 Å². The molecule has 2 aromatic carbocycles. The molecule has 1 N–H and O–H groups in total. The quantitative estimate of drug-likeness (QED) is 0.523.